The van der Waals surface area contributed by atoms with Crippen LogP contribution in [0, 0.1) is 0 Å². The first kappa shape index (κ1) is 32.0. The molecule has 2 unspecified atom stereocenters. The third-order valence-corrected chi connectivity index (χ3v) is 9.59. The van der Waals surface area contributed by atoms with Gasteiger partial charge >= 0.3 is 11.9 Å². The summed E-state index contributed by atoms with van der Waals surface area (Å²) in [5, 5.41) is 1.94. The number of carbonyl (C=O) groups excluding carboxylic acids is 1. The minimum Gasteiger partial charge on any atom is -0.351 e. The third kappa shape index (κ3) is 6.52. The molecule has 228 valence electrons. The van der Waals surface area contributed by atoms with E-state index < -0.39 is 55.8 Å². The van der Waals surface area contributed by atoms with E-state index in [1.54, 1.807) is 4.90 Å². The molecule has 0 saturated carbocycles. The number of benzene rings is 2. The highest BCUT2D eigenvalue weighted by atomic mass is 35.5. The van der Waals surface area contributed by atoms with Gasteiger partial charge in [-0.3, -0.25) is 19.1 Å². The Morgan fingerprint density at radius 1 is 1.21 bits per heavy atom. The van der Waals surface area contributed by atoms with Gasteiger partial charge in [-0.1, -0.05) is 30.1 Å². The van der Waals surface area contributed by atoms with Crippen LogP contribution in [-0.2, 0) is 33.9 Å². The predicted molar refractivity (Wildman–Crippen MR) is 153 cm³/mol. The molecule has 42 heavy (non-hydrogen) atoms. The van der Waals surface area contributed by atoms with Crippen molar-refractivity contribution >= 4 is 49.8 Å². The molecule has 0 spiro atoms. The van der Waals surface area contributed by atoms with E-state index in [1.165, 1.54) is 32.0 Å². The second kappa shape index (κ2) is 12.0. The highest BCUT2D eigenvalue weighted by Gasteiger charge is 2.37. The highest BCUT2D eigenvalue weighted by molar-refractivity contribution is 7.91. The quantitative estimate of drug-likeness (QED) is 0.340. The number of amides is 1. The number of hydrogen-bond acceptors (Lipinski definition) is 7. The lowest BCUT2D eigenvalue weighted by atomic mass is 10.0. The number of likely N-dealkylation sites (tertiary alicyclic amines) is 1. The summed E-state index contributed by atoms with van der Waals surface area (Å²) in [4.78, 5) is 42.3. The fourth-order valence-electron chi connectivity index (χ4n) is 4.90. The van der Waals surface area contributed by atoms with Crippen LogP contribution in [0.5, 0.6) is 0 Å². The van der Waals surface area contributed by atoms with Crippen molar-refractivity contribution < 1.29 is 26.4 Å². The van der Waals surface area contributed by atoms with Crippen LogP contribution in [0.25, 0.3) is 10.9 Å². The summed E-state index contributed by atoms with van der Waals surface area (Å²) in [5.41, 5.74) is 1.73. The van der Waals surface area contributed by atoms with Gasteiger partial charge in [0.05, 0.1) is 44.7 Å². The van der Waals surface area contributed by atoms with Crippen LogP contribution in [0.1, 0.15) is 37.0 Å². The molecule has 2 aromatic carbocycles. The standard InChI is InChI=1S/C26H28Cl2F3N5O5S/c1-3-42(40,41)20-5-4-15(27)8-14(20)10-36-24(38)17-9-19(26(29,30)31)18(21(28)22(17)34-25(36)39)12-35-7-6-16(11-35)33-23(37)13(2)32/h4-5,8-9,13,16H,3,6-7,10-12,32H2,1-2H3,(H,33,37)(H,34,39). The van der Waals surface area contributed by atoms with E-state index in [0.29, 0.717) is 23.6 Å². The normalized spacial score (nSPS) is 17.1. The summed E-state index contributed by atoms with van der Waals surface area (Å²) >= 11 is 12.5. The van der Waals surface area contributed by atoms with Gasteiger partial charge in [-0.05, 0) is 48.7 Å². The Bertz CT molecular complexity index is 1770. The number of H-pyrrole nitrogens is 1. The number of alkyl halides is 3. The lowest BCUT2D eigenvalue weighted by Crippen LogP contribution is -2.44. The molecule has 0 bridgehead atoms. The maximum atomic E-state index is 14.3. The van der Waals surface area contributed by atoms with E-state index in [-0.39, 0.29) is 57.4 Å². The first-order valence-corrected chi connectivity index (χ1v) is 15.3. The molecule has 16 heteroatoms. The number of nitrogens with one attached hydrogen (secondary N) is 2. The number of aromatic amines is 1. The summed E-state index contributed by atoms with van der Waals surface area (Å²) in [6.07, 6.45) is -4.43. The molecule has 1 aliphatic heterocycles. The third-order valence-electron chi connectivity index (χ3n) is 7.11. The zero-order chi connectivity index (χ0) is 31.1. The minimum absolute atomic E-state index is 0.0229. The molecule has 1 amide bonds. The second-order valence-corrected chi connectivity index (χ2v) is 13.2. The van der Waals surface area contributed by atoms with Crippen LogP contribution in [0.3, 0.4) is 0 Å². The number of nitrogens with zero attached hydrogens (tertiary/aromatic N) is 2. The number of nitrogens with two attached hydrogens (primary N) is 1. The van der Waals surface area contributed by atoms with Crippen LogP contribution in [0.15, 0.2) is 38.8 Å². The predicted octanol–water partition coefficient (Wildman–Crippen LogP) is 2.90. The second-order valence-electron chi connectivity index (χ2n) is 10.1. The zero-order valence-corrected chi connectivity index (χ0v) is 24.8. The van der Waals surface area contributed by atoms with Crippen LogP contribution < -0.4 is 22.3 Å². The molecule has 0 aliphatic carbocycles. The van der Waals surface area contributed by atoms with Crippen molar-refractivity contribution in [3.8, 4) is 0 Å². The fourth-order valence-corrected chi connectivity index (χ4v) is 6.51. The Morgan fingerprint density at radius 2 is 1.90 bits per heavy atom. The molecule has 1 aliphatic rings. The van der Waals surface area contributed by atoms with Gasteiger partial charge in [0.2, 0.25) is 5.91 Å². The Kier molecular flexibility index (Phi) is 9.14. The number of hydrogen-bond donors (Lipinski definition) is 3. The van der Waals surface area contributed by atoms with Crippen molar-refractivity contribution in [1.29, 1.82) is 0 Å². The van der Waals surface area contributed by atoms with Crippen LogP contribution in [0.4, 0.5) is 13.2 Å². The molecular formula is C26H28Cl2F3N5O5S. The Hall–Kier alpha value is -2.91. The topological polar surface area (TPSA) is 147 Å². The molecule has 10 nitrogen and oxygen atoms in total. The maximum absolute atomic E-state index is 14.3. The molecule has 1 fully saturated rings. The first-order chi connectivity index (χ1) is 19.5. The number of rotatable bonds is 8. The van der Waals surface area contributed by atoms with E-state index in [0.717, 1.165) is 0 Å². The Morgan fingerprint density at radius 3 is 2.52 bits per heavy atom. The lowest BCUT2D eigenvalue weighted by Gasteiger charge is -2.22. The Balaban J connectivity index is 1.79. The number of fused-ring (bicyclic) bond motifs is 1. The number of sulfone groups is 1. The van der Waals surface area contributed by atoms with Gasteiger partial charge in [-0.15, -0.1) is 0 Å². The lowest BCUT2D eigenvalue weighted by molar-refractivity contribution is -0.138. The van der Waals surface area contributed by atoms with Crippen molar-refractivity contribution in [2.75, 3.05) is 18.8 Å². The van der Waals surface area contributed by atoms with Gasteiger partial charge in [0, 0.05) is 30.7 Å². The SMILES string of the molecule is CCS(=O)(=O)c1ccc(Cl)cc1Cn1c(=O)[nH]c2c(Cl)c(CN3CCC(NC(=O)C(C)N)C3)c(C(F)(F)F)cc2c1=O. The summed E-state index contributed by atoms with van der Waals surface area (Å²) < 4.78 is 68.6. The van der Waals surface area contributed by atoms with Crippen molar-refractivity contribution in [2.24, 2.45) is 5.73 Å². The molecule has 4 rings (SSSR count). The van der Waals surface area contributed by atoms with Crippen molar-refractivity contribution in [3.63, 3.8) is 0 Å². The first-order valence-electron chi connectivity index (χ1n) is 12.9. The van der Waals surface area contributed by atoms with E-state index in [9.17, 15) is 36.0 Å². The van der Waals surface area contributed by atoms with Gasteiger partial charge in [0.25, 0.3) is 5.56 Å². The van der Waals surface area contributed by atoms with E-state index in [1.807, 2.05) is 0 Å². The Labute approximate surface area is 248 Å². The summed E-state index contributed by atoms with van der Waals surface area (Å²) in [7, 11) is -3.79. The maximum Gasteiger partial charge on any atom is 0.416 e. The van der Waals surface area contributed by atoms with E-state index in [2.05, 4.69) is 10.3 Å². The van der Waals surface area contributed by atoms with Gasteiger partial charge in [0.15, 0.2) is 9.84 Å². The number of carbonyl (C=O) groups is 1. The number of halogens is 5. The van der Waals surface area contributed by atoms with Crippen molar-refractivity contribution in [3.05, 3.63) is 71.8 Å². The number of aromatic nitrogens is 2. The molecular weight excluding hydrogens is 622 g/mol. The molecule has 1 aromatic heterocycles. The summed E-state index contributed by atoms with van der Waals surface area (Å²) in [6, 6.07) is 3.43. The highest BCUT2D eigenvalue weighted by Crippen LogP contribution is 2.39. The molecule has 0 radical (unpaired) electrons. The van der Waals surface area contributed by atoms with Crippen LogP contribution >= 0.6 is 23.2 Å². The molecule has 2 heterocycles. The molecule has 3 aromatic rings. The minimum atomic E-state index is -4.90. The van der Waals surface area contributed by atoms with E-state index >= 15 is 0 Å². The van der Waals surface area contributed by atoms with Gasteiger partial charge in [-0.2, -0.15) is 13.2 Å². The van der Waals surface area contributed by atoms with Gasteiger partial charge in [0.1, 0.15) is 0 Å². The smallest absolute Gasteiger partial charge is 0.351 e. The van der Waals surface area contributed by atoms with Crippen LogP contribution in [-0.4, -0.2) is 59.7 Å². The molecule has 2 atom stereocenters. The largest absolute Gasteiger partial charge is 0.416 e. The summed E-state index contributed by atoms with van der Waals surface area (Å²) in [5.74, 6) is -0.651. The van der Waals surface area contributed by atoms with Gasteiger partial charge in [-0.25, -0.2) is 13.2 Å². The zero-order valence-electron chi connectivity index (χ0n) is 22.5. The average Bonchev–Trinajstić information content (AvgIpc) is 3.34. The van der Waals surface area contributed by atoms with E-state index in [4.69, 9.17) is 28.9 Å². The van der Waals surface area contributed by atoms with Gasteiger partial charge < -0.3 is 16.0 Å². The van der Waals surface area contributed by atoms with Crippen LogP contribution in [0.2, 0.25) is 10.0 Å². The summed E-state index contributed by atoms with van der Waals surface area (Å²) in [6.45, 7) is 2.70. The monoisotopic (exact) mass is 649 g/mol. The van der Waals surface area contributed by atoms with Crippen molar-refractivity contribution in [2.45, 2.75) is 56.5 Å². The molecule has 4 N–H and O–H groups in total. The average molecular weight is 651 g/mol. The molecule has 1 saturated heterocycles. The van der Waals surface area contributed by atoms with Crippen molar-refractivity contribution in [1.82, 2.24) is 19.8 Å². The fraction of sp³-hybridized carbons (Fsp3) is 0.423.